The predicted molar refractivity (Wildman–Crippen MR) is 43.1 cm³/mol. The number of nitrogens with one attached hydrogen (secondary N) is 1. The monoisotopic (exact) mass is 229 g/mol. The van der Waals surface area contributed by atoms with Crippen molar-refractivity contribution in [2.24, 2.45) is 0 Å². The summed E-state index contributed by atoms with van der Waals surface area (Å²) in [6, 6.07) is 0. The molecule has 1 aliphatic heterocycles. The van der Waals surface area contributed by atoms with Crippen molar-refractivity contribution >= 4 is 16.6 Å². The van der Waals surface area contributed by atoms with Crippen LogP contribution >= 0.6 is 0 Å². The van der Waals surface area contributed by atoms with Crippen LogP contribution in [-0.2, 0) is 15.2 Å². The third kappa shape index (κ3) is 7.90. The maximum absolute atomic E-state index is 10.8. The Kier molecular flexibility index (Phi) is 5.58. The van der Waals surface area contributed by atoms with Crippen molar-refractivity contribution in [1.29, 1.82) is 0 Å². The topological polar surface area (TPSA) is 87.9 Å². The minimum atomic E-state index is -5.42. The first-order valence-electron chi connectivity index (χ1n) is 3.93. The molecule has 0 radical (unpaired) electrons. The molecule has 0 aromatic heterocycles. The number of quaternary nitrogens is 1. The molecule has 0 unspecified atom stereocenters. The van der Waals surface area contributed by atoms with E-state index in [0.29, 0.717) is 0 Å². The maximum atomic E-state index is 10.8. The molecule has 0 saturated carbocycles. The quantitative estimate of drug-likeness (QED) is 0.418. The van der Waals surface area contributed by atoms with E-state index < -0.39 is 10.5 Å². The number of alkyl carbamates (subject to hydrolysis) is 2. The summed E-state index contributed by atoms with van der Waals surface area (Å²) in [6.45, 7) is 1.90. The van der Waals surface area contributed by atoms with Gasteiger partial charge in [0.2, 0.25) is 0 Å². The molecule has 1 saturated heterocycles. The van der Waals surface area contributed by atoms with Crippen LogP contribution in [0.3, 0.4) is 0 Å². The van der Waals surface area contributed by atoms with E-state index in [4.69, 9.17) is 13.0 Å². The van der Waals surface area contributed by atoms with Crippen LogP contribution in [0.4, 0.5) is 8.68 Å². The van der Waals surface area contributed by atoms with Gasteiger partial charge in [-0.3, -0.25) is 0 Å². The largest absolute Gasteiger partial charge is 0.722 e. The van der Waals surface area contributed by atoms with Gasteiger partial charge in [0.05, 0.1) is 20.2 Å². The van der Waals surface area contributed by atoms with Gasteiger partial charge in [-0.2, -0.15) is 4.79 Å². The summed E-state index contributed by atoms with van der Waals surface area (Å²) in [6.07, 6.45) is 2.21. The molecule has 1 aliphatic rings. The van der Waals surface area contributed by atoms with Crippen molar-refractivity contribution in [2.45, 2.75) is 12.8 Å². The van der Waals surface area contributed by atoms with Gasteiger partial charge in [-0.05, 0) is 0 Å². The molecule has 0 atom stereocenters. The molecule has 1 N–H and O–H groups in total. The first-order valence-corrected chi connectivity index (χ1v) is 5.24. The lowest BCUT2D eigenvalue weighted by molar-refractivity contribution is -0.809. The van der Waals surface area contributed by atoms with Crippen molar-refractivity contribution in [3.63, 3.8) is 0 Å². The Morgan fingerprint density at radius 1 is 1.43 bits per heavy atom. The van der Waals surface area contributed by atoms with E-state index in [-0.39, 0.29) is 6.09 Å². The average Bonchev–Trinajstić information content (AvgIpc) is 2.51. The molecule has 1 heterocycles. The zero-order valence-corrected chi connectivity index (χ0v) is 8.47. The highest BCUT2D eigenvalue weighted by Gasteiger charge is 2.23. The number of likely N-dealkylation sites (tertiary alicyclic amines) is 1. The molecule has 8 heteroatoms. The Bertz CT molecular complexity index is 264. The van der Waals surface area contributed by atoms with Crippen molar-refractivity contribution in [1.82, 2.24) is 0 Å². The smallest absolute Gasteiger partial charge is 0.514 e. The van der Waals surface area contributed by atoms with Crippen molar-refractivity contribution in [3.8, 4) is 0 Å². The van der Waals surface area contributed by atoms with Gasteiger partial charge in [0.25, 0.3) is 10.5 Å². The maximum Gasteiger partial charge on any atom is 0.514 e. The minimum Gasteiger partial charge on any atom is -0.722 e. The van der Waals surface area contributed by atoms with E-state index in [0.717, 1.165) is 30.8 Å². The van der Waals surface area contributed by atoms with Crippen molar-refractivity contribution in [2.75, 3.05) is 20.2 Å². The average molecular weight is 229 g/mol. The van der Waals surface area contributed by atoms with Crippen LogP contribution in [0.2, 0.25) is 0 Å². The molecule has 0 aliphatic carbocycles. The normalized spacial score (nSPS) is 17.1. The number of rotatable bonds is 0. The van der Waals surface area contributed by atoms with Crippen molar-refractivity contribution in [3.05, 3.63) is 0 Å². The summed E-state index contributed by atoms with van der Waals surface area (Å²) in [5.41, 5.74) is 0. The molecule has 6 nitrogen and oxygen atoms in total. The van der Waals surface area contributed by atoms with E-state index >= 15 is 0 Å². The summed E-state index contributed by atoms with van der Waals surface area (Å²) in [5, 5.41) is 0. The Hall–Kier alpha value is -0.730. The minimum absolute atomic E-state index is 0.104. The van der Waals surface area contributed by atoms with Crippen LogP contribution in [0, 0.1) is 0 Å². The van der Waals surface area contributed by atoms with Crippen LogP contribution in [0.25, 0.3) is 0 Å². The third-order valence-corrected chi connectivity index (χ3v) is 1.68. The lowest BCUT2D eigenvalue weighted by atomic mass is 10.4. The number of hydrogen-bond donors (Lipinski definition) is 1. The number of hydrogen-bond acceptors (Lipinski definition) is 5. The van der Waals surface area contributed by atoms with Gasteiger partial charge in [-0.15, -0.1) is 3.89 Å². The SMILES string of the molecule is COC(=O)[NH+]1CCCC1.O=S(=O)([O-])F. The number of ether oxygens (including phenoxy) is 1. The van der Waals surface area contributed by atoms with Gasteiger partial charge >= 0.3 is 6.09 Å². The number of carbonyl (C=O) groups is 1. The zero-order valence-electron chi connectivity index (χ0n) is 7.66. The highest BCUT2D eigenvalue weighted by Crippen LogP contribution is 1.87. The number of methoxy groups -OCH3 is 1. The second-order valence-corrected chi connectivity index (χ2v) is 3.48. The summed E-state index contributed by atoms with van der Waals surface area (Å²) >= 11 is 0. The van der Waals surface area contributed by atoms with Crippen LogP contribution in [-0.4, -0.2) is 39.3 Å². The van der Waals surface area contributed by atoms with Crippen LogP contribution in [0.5, 0.6) is 0 Å². The Morgan fingerprint density at radius 2 is 1.79 bits per heavy atom. The van der Waals surface area contributed by atoms with Gasteiger partial charge in [-0.1, -0.05) is 0 Å². The Balaban J connectivity index is 0.000000292. The van der Waals surface area contributed by atoms with Gasteiger partial charge in [0, 0.05) is 12.8 Å². The fraction of sp³-hybridized carbons (Fsp3) is 0.833. The standard InChI is InChI=1S/C6H11NO2.FHO3S/c1-9-6(8)7-4-2-3-5-7;1-5(2,3)4/h2-5H2,1H3;(H,2,3,4). The molecule has 0 aromatic carbocycles. The molecule has 1 amide bonds. The van der Waals surface area contributed by atoms with E-state index in [2.05, 4.69) is 4.74 Å². The molecule has 0 bridgehead atoms. The zero-order chi connectivity index (χ0) is 11.2. The second kappa shape index (κ2) is 5.89. The van der Waals surface area contributed by atoms with Gasteiger partial charge in [0.1, 0.15) is 0 Å². The number of halogens is 1. The van der Waals surface area contributed by atoms with Crippen molar-refractivity contribution < 1.29 is 31.3 Å². The molecule has 1 rings (SSSR count). The van der Waals surface area contributed by atoms with E-state index in [1.54, 1.807) is 0 Å². The highest BCUT2D eigenvalue weighted by atomic mass is 32.3. The first kappa shape index (κ1) is 13.3. The van der Waals surface area contributed by atoms with Gasteiger partial charge in [-0.25, -0.2) is 13.3 Å². The van der Waals surface area contributed by atoms with E-state index in [1.807, 2.05) is 0 Å². The Labute approximate surface area is 81.7 Å². The molecule has 1 fully saturated rings. The molecular weight excluding hydrogens is 217 g/mol. The summed E-state index contributed by atoms with van der Waals surface area (Å²) in [5.74, 6) is 0. The number of amides is 1. The second-order valence-electron chi connectivity index (χ2n) is 2.70. The van der Waals surface area contributed by atoms with Crippen LogP contribution < -0.4 is 4.90 Å². The molecule has 84 valence electrons. The van der Waals surface area contributed by atoms with Crippen LogP contribution in [0.15, 0.2) is 0 Å². The summed E-state index contributed by atoms with van der Waals surface area (Å²) in [4.78, 5) is 11.7. The predicted octanol–water partition coefficient (Wildman–Crippen LogP) is -1.15. The molecule has 0 aromatic rings. The molecular formula is C6H12FNO5S. The molecule has 14 heavy (non-hydrogen) atoms. The lowest BCUT2D eigenvalue weighted by Crippen LogP contribution is -3.12. The first-order chi connectivity index (χ1) is 6.34. The third-order valence-electron chi connectivity index (χ3n) is 1.68. The van der Waals surface area contributed by atoms with E-state index in [1.165, 1.54) is 7.11 Å². The van der Waals surface area contributed by atoms with E-state index in [9.17, 15) is 8.68 Å². The van der Waals surface area contributed by atoms with Gasteiger partial charge in [0.15, 0.2) is 0 Å². The highest BCUT2D eigenvalue weighted by molar-refractivity contribution is 7.80. The van der Waals surface area contributed by atoms with Crippen LogP contribution in [0.1, 0.15) is 12.8 Å². The summed E-state index contributed by atoms with van der Waals surface area (Å²) < 4.78 is 39.9. The fourth-order valence-electron chi connectivity index (χ4n) is 1.15. The number of carbonyl (C=O) groups excluding carboxylic acids is 1. The Morgan fingerprint density at radius 3 is 2.07 bits per heavy atom. The fourth-order valence-corrected chi connectivity index (χ4v) is 1.15. The summed E-state index contributed by atoms with van der Waals surface area (Å²) in [7, 11) is -3.98. The lowest BCUT2D eigenvalue weighted by Gasteiger charge is -2.04. The molecule has 0 spiro atoms. The van der Waals surface area contributed by atoms with Gasteiger partial charge < -0.3 is 9.29 Å².